The fourth-order valence-electron chi connectivity index (χ4n) is 2.09. The third-order valence-electron chi connectivity index (χ3n) is 3.22. The number of nitrogens with zero attached hydrogens (tertiary/aromatic N) is 1. The van der Waals surface area contributed by atoms with Crippen molar-refractivity contribution in [1.82, 2.24) is 4.98 Å². The van der Waals surface area contributed by atoms with E-state index in [0.29, 0.717) is 22.1 Å². The molecule has 24 heavy (non-hydrogen) atoms. The number of anilines is 2. The van der Waals surface area contributed by atoms with Gasteiger partial charge in [-0.1, -0.05) is 11.8 Å². The minimum absolute atomic E-state index is 0.0521. The highest BCUT2D eigenvalue weighted by Gasteiger charge is 2.11. The summed E-state index contributed by atoms with van der Waals surface area (Å²) in [6.07, 6.45) is 0. The van der Waals surface area contributed by atoms with Gasteiger partial charge in [0.1, 0.15) is 11.5 Å². The van der Waals surface area contributed by atoms with Gasteiger partial charge in [0.05, 0.1) is 11.3 Å². The number of rotatable bonds is 4. The Bertz CT molecular complexity index is 923. The second kappa shape index (κ2) is 6.09. The lowest BCUT2D eigenvalue weighted by Crippen LogP contribution is -2.04. The predicted molar refractivity (Wildman–Crippen MR) is 87.0 cm³/mol. The molecule has 0 radical (unpaired) electrons. The van der Waals surface area contributed by atoms with Crippen molar-refractivity contribution < 1.29 is 25.2 Å². The number of thiazole rings is 1. The second-order valence-electron chi connectivity index (χ2n) is 4.88. The Balaban J connectivity index is 1.87. The largest absolute Gasteiger partial charge is 0.872 e. The molecule has 4 N–H and O–H groups in total. The zero-order valence-electron chi connectivity index (χ0n) is 12.1. The summed E-state index contributed by atoms with van der Waals surface area (Å²) in [4.78, 5) is 15.3. The molecule has 0 atom stereocenters. The van der Waals surface area contributed by atoms with Crippen LogP contribution in [0.3, 0.4) is 0 Å². The maximum absolute atomic E-state index is 11.4. The highest BCUT2D eigenvalue weighted by molar-refractivity contribution is 7.14. The van der Waals surface area contributed by atoms with E-state index in [-0.39, 0.29) is 17.1 Å². The first-order chi connectivity index (χ1) is 11.4. The van der Waals surface area contributed by atoms with Crippen molar-refractivity contribution in [2.45, 2.75) is 0 Å². The van der Waals surface area contributed by atoms with Gasteiger partial charge in [-0.05, 0) is 24.3 Å². The fraction of sp³-hybridized carbons (Fsp3) is 0. The molecule has 0 bridgehead atoms. The topological polar surface area (TPSA) is 126 Å². The molecule has 1 heterocycles. The molecule has 3 aromatic rings. The van der Waals surface area contributed by atoms with Gasteiger partial charge in [0.15, 0.2) is 5.13 Å². The van der Waals surface area contributed by atoms with Crippen molar-refractivity contribution >= 4 is 28.1 Å². The molecular formula is C16H11N2O5S-. The van der Waals surface area contributed by atoms with Crippen LogP contribution in [0.5, 0.6) is 17.2 Å². The summed E-state index contributed by atoms with van der Waals surface area (Å²) in [7, 11) is 0. The van der Waals surface area contributed by atoms with Gasteiger partial charge < -0.3 is 25.7 Å². The molecule has 0 saturated heterocycles. The maximum Gasteiger partial charge on any atom is 0.335 e. The van der Waals surface area contributed by atoms with Crippen LogP contribution in [0.4, 0.5) is 10.8 Å². The molecule has 7 nitrogen and oxygen atoms in total. The zero-order chi connectivity index (χ0) is 17.3. The Kier molecular flexibility index (Phi) is 3.97. The highest BCUT2D eigenvalue weighted by atomic mass is 32.1. The van der Waals surface area contributed by atoms with Crippen molar-refractivity contribution in [2.75, 3.05) is 5.32 Å². The van der Waals surface area contributed by atoms with E-state index in [1.165, 1.54) is 47.7 Å². The van der Waals surface area contributed by atoms with Crippen LogP contribution in [0.15, 0.2) is 41.8 Å². The number of nitrogens with one attached hydrogen (secondary N) is 1. The molecule has 0 fully saturated rings. The number of phenols is 2. The Morgan fingerprint density at radius 2 is 1.96 bits per heavy atom. The maximum atomic E-state index is 11.4. The molecule has 0 saturated carbocycles. The minimum Gasteiger partial charge on any atom is -0.872 e. The normalized spacial score (nSPS) is 10.5. The van der Waals surface area contributed by atoms with E-state index in [2.05, 4.69) is 10.3 Å². The van der Waals surface area contributed by atoms with Crippen LogP contribution in [0.1, 0.15) is 10.4 Å². The van der Waals surface area contributed by atoms with Gasteiger partial charge in [-0.15, -0.1) is 11.3 Å². The van der Waals surface area contributed by atoms with Gasteiger partial charge in [-0.2, -0.15) is 0 Å². The van der Waals surface area contributed by atoms with Crippen molar-refractivity contribution in [3.8, 4) is 28.5 Å². The summed E-state index contributed by atoms with van der Waals surface area (Å²) >= 11 is 1.25. The fourth-order valence-corrected chi connectivity index (χ4v) is 2.82. The van der Waals surface area contributed by atoms with E-state index < -0.39 is 11.7 Å². The van der Waals surface area contributed by atoms with Gasteiger partial charge in [0.25, 0.3) is 0 Å². The quantitative estimate of drug-likeness (QED) is 0.574. The molecule has 0 aliphatic heterocycles. The molecule has 0 aliphatic rings. The number of aromatic hydroxyl groups is 2. The summed E-state index contributed by atoms with van der Waals surface area (Å²) in [5, 5.41) is 44.7. The van der Waals surface area contributed by atoms with E-state index in [4.69, 9.17) is 5.11 Å². The molecule has 2 aromatic carbocycles. The number of phenolic OH excluding ortho intramolecular Hbond substituents is 2. The Morgan fingerprint density at radius 3 is 2.67 bits per heavy atom. The van der Waals surface area contributed by atoms with E-state index in [1.54, 1.807) is 5.38 Å². The van der Waals surface area contributed by atoms with Crippen LogP contribution < -0.4 is 10.4 Å². The van der Waals surface area contributed by atoms with E-state index >= 15 is 0 Å². The number of hydrogen-bond donors (Lipinski definition) is 4. The SMILES string of the molecule is O=C(O)c1cc(Nc2nc(-c3ccc(O)cc3O)cs2)ccc1[O-]. The minimum atomic E-state index is -1.29. The summed E-state index contributed by atoms with van der Waals surface area (Å²) in [5.74, 6) is -2.01. The summed E-state index contributed by atoms with van der Waals surface area (Å²) < 4.78 is 0. The molecule has 0 amide bonds. The molecule has 8 heteroatoms. The number of benzene rings is 2. The molecule has 122 valence electrons. The smallest absolute Gasteiger partial charge is 0.335 e. The monoisotopic (exact) mass is 343 g/mol. The predicted octanol–water partition coefficient (Wildman–Crippen LogP) is 2.74. The van der Waals surface area contributed by atoms with Crippen LogP contribution in [-0.2, 0) is 0 Å². The molecular weight excluding hydrogens is 332 g/mol. The number of aromatic carboxylic acids is 1. The van der Waals surface area contributed by atoms with Crippen molar-refractivity contribution in [1.29, 1.82) is 0 Å². The summed E-state index contributed by atoms with van der Waals surface area (Å²) in [6, 6.07) is 8.07. The Labute approximate surface area is 140 Å². The zero-order valence-corrected chi connectivity index (χ0v) is 12.9. The number of carboxylic acids is 1. The van der Waals surface area contributed by atoms with Crippen LogP contribution in [0.2, 0.25) is 0 Å². The Hall–Kier alpha value is -3.26. The van der Waals surface area contributed by atoms with Gasteiger partial charge in [-0.3, -0.25) is 0 Å². The first kappa shape index (κ1) is 15.6. The highest BCUT2D eigenvalue weighted by Crippen LogP contribution is 2.34. The number of carboxylic acid groups (broad SMARTS) is 1. The Morgan fingerprint density at radius 1 is 1.17 bits per heavy atom. The number of carbonyl (C=O) groups is 1. The summed E-state index contributed by atoms with van der Waals surface area (Å²) in [6.45, 7) is 0. The molecule has 0 unspecified atom stereocenters. The lowest BCUT2D eigenvalue weighted by Gasteiger charge is -2.11. The standard InChI is InChI=1S/C16H12N2O5S/c19-9-2-3-10(14(21)6-9)12-7-24-16(18-12)17-8-1-4-13(20)11(5-8)15(22)23/h1-7,19-21H,(H,17,18)(H,22,23)/p-1. The van der Waals surface area contributed by atoms with Gasteiger partial charge >= 0.3 is 5.97 Å². The lowest BCUT2D eigenvalue weighted by molar-refractivity contribution is -0.268. The van der Waals surface area contributed by atoms with Crippen LogP contribution in [0.25, 0.3) is 11.3 Å². The first-order valence-corrected chi connectivity index (χ1v) is 7.61. The lowest BCUT2D eigenvalue weighted by atomic mass is 10.1. The third kappa shape index (κ3) is 3.08. The molecule has 1 aromatic heterocycles. The third-order valence-corrected chi connectivity index (χ3v) is 3.98. The van der Waals surface area contributed by atoms with E-state index in [9.17, 15) is 20.1 Å². The average Bonchev–Trinajstić information content (AvgIpc) is 2.97. The van der Waals surface area contributed by atoms with Crippen LogP contribution >= 0.6 is 11.3 Å². The van der Waals surface area contributed by atoms with Crippen molar-refractivity contribution in [3.05, 3.63) is 47.3 Å². The molecule has 0 spiro atoms. The van der Waals surface area contributed by atoms with E-state index in [1.807, 2.05) is 0 Å². The molecule has 0 aliphatic carbocycles. The van der Waals surface area contributed by atoms with Gasteiger partial charge in [0, 0.05) is 22.7 Å². The van der Waals surface area contributed by atoms with Crippen LogP contribution in [-0.4, -0.2) is 26.3 Å². The second-order valence-corrected chi connectivity index (χ2v) is 5.74. The van der Waals surface area contributed by atoms with Gasteiger partial charge in [-0.25, -0.2) is 9.78 Å². The van der Waals surface area contributed by atoms with Crippen LogP contribution in [0, 0.1) is 0 Å². The van der Waals surface area contributed by atoms with E-state index in [0.717, 1.165) is 0 Å². The summed E-state index contributed by atoms with van der Waals surface area (Å²) in [5.41, 5.74) is 1.05. The number of aromatic nitrogens is 1. The van der Waals surface area contributed by atoms with Gasteiger partial charge in [0.2, 0.25) is 0 Å². The number of hydrogen-bond acceptors (Lipinski definition) is 7. The first-order valence-electron chi connectivity index (χ1n) is 6.73. The van der Waals surface area contributed by atoms with Crippen molar-refractivity contribution in [2.24, 2.45) is 0 Å². The molecule has 3 rings (SSSR count). The van der Waals surface area contributed by atoms with Crippen molar-refractivity contribution in [3.63, 3.8) is 0 Å². The average molecular weight is 343 g/mol.